The van der Waals surface area contributed by atoms with E-state index in [1.165, 1.54) is 0 Å². The maximum atomic E-state index is 13.7. The number of aliphatic carboxylic acids is 1. The quantitative estimate of drug-likeness (QED) is 0.273. The summed E-state index contributed by atoms with van der Waals surface area (Å²) in [6, 6.07) is 35.3. The van der Waals surface area contributed by atoms with E-state index in [1.54, 1.807) is 12.1 Å². The van der Waals surface area contributed by atoms with E-state index in [9.17, 15) is 20.0 Å². The summed E-state index contributed by atoms with van der Waals surface area (Å²) in [6.45, 7) is 0. The molecule has 0 amide bonds. The average Bonchev–Trinajstić information content (AvgIpc) is 2.89. The molecule has 4 atom stereocenters. The average molecular weight is 474 g/mol. The molecule has 5 nitrogen and oxygen atoms in total. The van der Waals surface area contributed by atoms with Gasteiger partial charge in [0.05, 0.1) is 17.4 Å². The second-order valence-electron chi connectivity index (χ2n) is 8.87. The standard InChI is InChI=1S/C31H23NO4/c32-19-24-17-16-23(20-10-4-1-5-11-20)18-25(24)36-31(35)29-26(21-12-6-2-7-13-21)28(30(33)34)27(29)22-14-8-3-9-15-22/h1-18,26-29H,(H,33,34)/t26-,27?,28+,29?/m0/s1. The number of carbonyl (C=O) groups is 2. The number of benzene rings is 4. The first kappa shape index (κ1) is 23.1. The van der Waals surface area contributed by atoms with Gasteiger partial charge in [-0.15, -0.1) is 0 Å². The molecule has 1 aliphatic carbocycles. The summed E-state index contributed by atoms with van der Waals surface area (Å²) in [4.78, 5) is 26.1. The highest BCUT2D eigenvalue weighted by Crippen LogP contribution is 2.58. The van der Waals surface area contributed by atoms with Crippen LogP contribution in [-0.4, -0.2) is 17.0 Å². The van der Waals surface area contributed by atoms with Crippen LogP contribution in [0.1, 0.15) is 28.5 Å². The number of esters is 1. The van der Waals surface area contributed by atoms with Crippen molar-refractivity contribution >= 4 is 11.9 Å². The molecule has 0 spiro atoms. The van der Waals surface area contributed by atoms with Crippen molar-refractivity contribution in [3.63, 3.8) is 0 Å². The number of carboxylic acid groups (broad SMARTS) is 1. The Hall–Kier alpha value is -4.69. The van der Waals surface area contributed by atoms with Crippen molar-refractivity contribution < 1.29 is 19.4 Å². The van der Waals surface area contributed by atoms with Gasteiger partial charge in [-0.1, -0.05) is 97.1 Å². The number of hydrogen-bond acceptors (Lipinski definition) is 4. The maximum Gasteiger partial charge on any atom is 0.315 e. The van der Waals surface area contributed by atoms with Gasteiger partial charge in [0.2, 0.25) is 0 Å². The fourth-order valence-electron chi connectivity index (χ4n) is 5.21. The van der Waals surface area contributed by atoms with Crippen molar-refractivity contribution in [3.8, 4) is 22.9 Å². The summed E-state index contributed by atoms with van der Waals surface area (Å²) in [5.41, 5.74) is 3.53. The van der Waals surface area contributed by atoms with Crippen molar-refractivity contribution in [1.82, 2.24) is 0 Å². The first-order valence-electron chi connectivity index (χ1n) is 11.7. The minimum absolute atomic E-state index is 0.168. The van der Waals surface area contributed by atoms with Crippen molar-refractivity contribution in [2.45, 2.75) is 11.8 Å². The molecule has 4 aromatic carbocycles. The lowest BCUT2D eigenvalue weighted by Crippen LogP contribution is -2.52. The highest BCUT2D eigenvalue weighted by atomic mass is 16.5. The third-order valence-corrected chi connectivity index (χ3v) is 6.89. The number of carboxylic acids is 1. The fourth-order valence-corrected chi connectivity index (χ4v) is 5.21. The molecule has 5 heteroatoms. The molecule has 0 radical (unpaired) electrons. The molecule has 5 rings (SSSR count). The molecule has 1 N–H and O–H groups in total. The van der Waals surface area contributed by atoms with E-state index in [0.717, 1.165) is 22.3 Å². The Morgan fingerprint density at radius 1 is 0.694 bits per heavy atom. The van der Waals surface area contributed by atoms with Gasteiger partial charge >= 0.3 is 11.9 Å². The molecule has 0 heterocycles. The number of nitriles is 1. The van der Waals surface area contributed by atoms with Crippen molar-refractivity contribution in [3.05, 3.63) is 126 Å². The number of rotatable bonds is 6. The molecule has 4 aromatic rings. The van der Waals surface area contributed by atoms with Gasteiger partial charge in [0.25, 0.3) is 0 Å². The molecule has 0 saturated heterocycles. The Kier molecular flexibility index (Phi) is 6.34. The predicted molar refractivity (Wildman–Crippen MR) is 135 cm³/mol. The summed E-state index contributed by atoms with van der Waals surface area (Å²) in [7, 11) is 0. The molecule has 0 aromatic heterocycles. The van der Waals surface area contributed by atoms with Gasteiger partial charge in [0.1, 0.15) is 11.8 Å². The van der Waals surface area contributed by atoms with E-state index in [2.05, 4.69) is 6.07 Å². The monoisotopic (exact) mass is 473 g/mol. The van der Waals surface area contributed by atoms with Crippen LogP contribution in [0.15, 0.2) is 109 Å². The third kappa shape index (κ3) is 4.25. The third-order valence-electron chi connectivity index (χ3n) is 6.89. The summed E-state index contributed by atoms with van der Waals surface area (Å²) >= 11 is 0. The van der Waals surface area contributed by atoms with Crippen molar-refractivity contribution in [2.75, 3.05) is 0 Å². The van der Waals surface area contributed by atoms with Crippen molar-refractivity contribution in [1.29, 1.82) is 5.26 Å². The summed E-state index contributed by atoms with van der Waals surface area (Å²) in [6.07, 6.45) is 0. The number of hydrogen-bond donors (Lipinski definition) is 1. The van der Waals surface area contributed by atoms with Crippen molar-refractivity contribution in [2.24, 2.45) is 11.8 Å². The highest BCUT2D eigenvalue weighted by Gasteiger charge is 2.59. The van der Waals surface area contributed by atoms with Gasteiger partial charge < -0.3 is 9.84 Å². The molecule has 176 valence electrons. The lowest BCUT2D eigenvalue weighted by molar-refractivity contribution is -0.158. The second kappa shape index (κ2) is 9.89. The Morgan fingerprint density at radius 2 is 1.22 bits per heavy atom. The normalized spacial score (nSPS) is 20.5. The Bertz CT molecular complexity index is 1380. The molecule has 1 fully saturated rings. The predicted octanol–water partition coefficient (Wildman–Crippen LogP) is 6.03. The van der Waals surface area contributed by atoms with Crippen LogP contribution in [0.4, 0.5) is 0 Å². The zero-order valence-corrected chi connectivity index (χ0v) is 19.3. The first-order valence-corrected chi connectivity index (χ1v) is 11.7. The second-order valence-corrected chi connectivity index (χ2v) is 8.87. The summed E-state index contributed by atoms with van der Waals surface area (Å²) in [5, 5.41) is 19.8. The highest BCUT2D eigenvalue weighted by molar-refractivity contribution is 5.86. The van der Waals surface area contributed by atoms with Crippen LogP contribution in [0.2, 0.25) is 0 Å². The van der Waals surface area contributed by atoms with Crippen LogP contribution in [0.3, 0.4) is 0 Å². The van der Waals surface area contributed by atoms with E-state index in [1.807, 2.05) is 97.1 Å². The van der Waals surface area contributed by atoms with E-state index in [0.29, 0.717) is 0 Å². The topological polar surface area (TPSA) is 87.4 Å². The molecule has 1 saturated carbocycles. The zero-order chi connectivity index (χ0) is 25.1. The molecule has 2 unspecified atom stereocenters. The maximum absolute atomic E-state index is 13.7. The van der Waals surface area contributed by atoms with Gasteiger partial charge in [-0.05, 0) is 34.4 Å². The first-order chi connectivity index (χ1) is 17.6. The van der Waals surface area contributed by atoms with Gasteiger partial charge in [-0.2, -0.15) is 5.26 Å². The van der Waals surface area contributed by atoms with Crippen LogP contribution in [0.25, 0.3) is 11.1 Å². The molecule has 0 aliphatic heterocycles. The van der Waals surface area contributed by atoms with E-state index in [-0.39, 0.29) is 11.3 Å². The van der Waals surface area contributed by atoms with Crippen LogP contribution < -0.4 is 4.74 Å². The number of carbonyl (C=O) groups excluding carboxylic acids is 1. The SMILES string of the molecule is N#Cc1ccc(-c2ccccc2)cc1OC(=O)C1C(c2ccccc2)[C@H](C(=O)O)[C@@H]1c1ccccc1. The Balaban J connectivity index is 1.54. The lowest BCUT2D eigenvalue weighted by atomic mass is 9.52. The molecule has 1 aliphatic rings. The van der Waals surface area contributed by atoms with Gasteiger partial charge in [0, 0.05) is 11.8 Å². The molecular formula is C31H23NO4. The number of ether oxygens (including phenoxy) is 1. The van der Waals surface area contributed by atoms with E-state index < -0.39 is 35.6 Å². The molecule has 36 heavy (non-hydrogen) atoms. The summed E-state index contributed by atoms with van der Waals surface area (Å²) < 4.78 is 5.88. The molecule has 0 bridgehead atoms. The fraction of sp³-hybridized carbons (Fsp3) is 0.129. The Labute approximate surface area is 209 Å². The van der Waals surface area contributed by atoms with Gasteiger partial charge in [-0.3, -0.25) is 9.59 Å². The number of nitrogens with zero attached hydrogens (tertiary/aromatic N) is 1. The minimum atomic E-state index is -0.953. The van der Waals surface area contributed by atoms with E-state index >= 15 is 0 Å². The van der Waals surface area contributed by atoms with E-state index in [4.69, 9.17) is 4.74 Å². The smallest absolute Gasteiger partial charge is 0.315 e. The van der Waals surface area contributed by atoms with Crippen LogP contribution in [0, 0.1) is 23.2 Å². The minimum Gasteiger partial charge on any atom is -0.481 e. The lowest BCUT2D eigenvalue weighted by Gasteiger charge is -2.49. The Morgan fingerprint density at radius 3 is 1.72 bits per heavy atom. The van der Waals surface area contributed by atoms with Gasteiger partial charge in [-0.25, -0.2) is 0 Å². The molecular weight excluding hydrogens is 450 g/mol. The zero-order valence-electron chi connectivity index (χ0n) is 19.3. The van der Waals surface area contributed by atoms with Crippen LogP contribution >= 0.6 is 0 Å². The van der Waals surface area contributed by atoms with Crippen LogP contribution in [-0.2, 0) is 9.59 Å². The summed E-state index contributed by atoms with van der Waals surface area (Å²) in [5.74, 6) is -3.93. The van der Waals surface area contributed by atoms with Crippen LogP contribution in [0.5, 0.6) is 5.75 Å². The van der Waals surface area contributed by atoms with Gasteiger partial charge in [0.15, 0.2) is 0 Å². The largest absolute Gasteiger partial charge is 0.481 e.